The number of benzene rings is 1. The summed E-state index contributed by atoms with van der Waals surface area (Å²) < 4.78 is 39.1. The number of alkyl halides is 2. The normalized spacial score (nSPS) is 24.1. The third kappa shape index (κ3) is 3.25. The summed E-state index contributed by atoms with van der Waals surface area (Å²) in [6, 6.07) is 6.17. The van der Waals surface area contributed by atoms with Gasteiger partial charge in [-0.1, -0.05) is 12.1 Å². The molecule has 0 amide bonds. The van der Waals surface area contributed by atoms with E-state index in [0.29, 0.717) is 19.4 Å². The smallest absolute Gasteiger partial charge is 0.248 e. The minimum atomic E-state index is -2.51. The van der Waals surface area contributed by atoms with Gasteiger partial charge in [0.1, 0.15) is 5.82 Å². The maximum atomic E-state index is 13.1. The largest absolute Gasteiger partial charge is 0.330 e. The van der Waals surface area contributed by atoms with E-state index in [1.807, 2.05) is 0 Å². The summed E-state index contributed by atoms with van der Waals surface area (Å²) >= 11 is 0. The zero-order valence-electron chi connectivity index (χ0n) is 10.2. The maximum absolute atomic E-state index is 13.1. The first-order valence-corrected chi connectivity index (χ1v) is 6.33. The Bertz CT molecular complexity index is 389. The fourth-order valence-electron chi connectivity index (χ4n) is 2.75. The average molecular weight is 257 g/mol. The highest BCUT2D eigenvalue weighted by molar-refractivity contribution is 5.21. The van der Waals surface area contributed by atoms with Gasteiger partial charge in [0.05, 0.1) is 0 Å². The molecule has 1 aliphatic rings. The van der Waals surface area contributed by atoms with E-state index in [2.05, 4.69) is 0 Å². The lowest BCUT2D eigenvalue weighted by Crippen LogP contribution is -2.17. The second kappa shape index (κ2) is 5.31. The van der Waals surface area contributed by atoms with Crippen LogP contribution in [0.3, 0.4) is 0 Å². The van der Waals surface area contributed by atoms with Gasteiger partial charge in [0.25, 0.3) is 0 Å². The van der Waals surface area contributed by atoms with Gasteiger partial charge in [0.2, 0.25) is 5.92 Å². The third-order valence-electron chi connectivity index (χ3n) is 3.75. The van der Waals surface area contributed by atoms with E-state index in [0.717, 1.165) is 5.56 Å². The molecule has 1 saturated carbocycles. The van der Waals surface area contributed by atoms with Gasteiger partial charge in [-0.3, -0.25) is 0 Å². The van der Waals surface area contributed by atoms with Crippen molar-refractivity contribution < 1.29 is 13.2 Å². The number of nitrogens with two attached hydrogens (primary N) is 1. The topological polar surface area (TPSA) is 26.0 Å². The van der Waals surface area contributed by atoms with E-state index in [-0.39, 0.29) is 30.5 Å². The number of hydrogen-bond acceptors (Lipinski definition) is 1. The van der Waals surface area contributed by atoms with Crippen LogP contribution in [0.4, 0.5) is 13.2 Å². The summed E-state index contributed by atoms with van der Waals surface area (Å²) in [6.45, 7) is 0.410. The van der Waals surface area contributed by atoms with Gasteiger partial charge in [0.15, 0.2) is 0 Å². The van der Waals surface area contributed by atoms with E-state index in [1.54, 1.807) is 12.1 Å². The lowest BCUT2D eigenvalue weighted by atomic mass is 9.88. The van der Waals surface area contributed by atoms with Crippen molar-refractivity contribution in [2.75, 3.05) is 6.54 Å². The van der Waals surface area contributed by atoms with Crippen LogP contribution in [0.5, 0.6) is 0 Å². The summed E-state index contributed by atoms with van der Waals surface area (Å²) in [6.07, 6.45) is 1.17. The summed E-state index contributed by atoms with van der Waals surface area (Å²) in [5, 5.41) is 0. The van der Waals surface area contributed by atoms with Crippen molar-refractivity contribution in [3.63, 3.8) is 0 Å². The molecule has 1 aliphatic carbocycles. The van der Waals surface area contributed by atoms with Crippen LogP contribution in [0.25, 0.3) is 0 Å². The van der Waals surface area contributed by atoms with E-state index < -0.39 is 5.92 Å². The molecule has 0 spiro atoms. The van der Waals surface area contributed by atoms with E-state index in [9.17, 15) is 13.2 Å². The molecule has 0 aliphatic heterocycles. The highest BCUT2D eigenvalue weighted by Crippen LogP contribution is 2.42. The fourth-order valence-corrected chi connectivity index (χ4v) is 2.75. The van der Waals surface area contributed by atoms with Gasteiger partial charge in [0, 0.05) is 12.8 Å². The molecule has 0 heterocycles. The molecule has 100 valence electrons. The molecular weight excluding hydrogens is 239 g/mol. The monoisotopic (exact) mass is 257 g/mol. The van der Waals surface area contributed by atoms with Crippen LogP contribution < -0.4 is 5.73 Å². The molecule has 0 radical (unpaired) electrons. The second-order valence-electron chi connectivity index (χ2n) is 5.18. The fraction of sp³-hybridized carbons (Fsp3) is 0.571. The zero-order valence-corrected chi connectivity index (χ0v) is 10.2. The quantitative estimate of drug-likeness (QED) is 0.874. The Morgan fingerprint density at radius 3 is 2.44 bits per heavy atom. The summed E-state index contributed by atoms with van der Waals surface area (Å²) in [5.74, 6) is -2.72. The van der Waals surface area contributed by atoms with Gasteiger partial charge in [-0.05, 0) is 48.9 Å². The van der Waals surface area contributed by atoms with Gasteiger partial charge >= 0.3 is 0 Å². The van der Waals surface area contributed by atoms with Crippen molar-refractivity contribution in [2.24, 2.45) is 11.7 Å². The van der Waals surface area contributed by atoms with Crippen molar-refractivity contribution >= 4 is 0 Å². The minimum Gasteiger partial charge on any atom is -0.330 e. The Labute approximate surface area is 105 Å². The van der Waals surface area contributed by atoms with Crippen molar-refractivity contribution in [1.29, 1.82) is 0 Å². The van der Waals surface area contributed by atoms with E-state index in [4.69, 9.17) is 5.73 Å². The molecule has 1 nitrogen and oxygen atoms in total. The molecule has 1 aromatic rings. The first-order chi connectivity index (χ1) is 8.50. The molecule has 0 aromatic heterocycles. The molecule has 2 atom stereocenters. The first kappa shape index (κ1) is 13.4. The van der Waals surface area contributed by atoms with Crippen LogP contribution >= 0.6 is 0 Å². The Balaban J connectivity index is 2.00. The zero-order chi connectivity index (χ0) is 13.2. The van der Waals surface area contributed by atoms with Crippen molar-refractivity contribution in [2.45, 2.75) is 37.5 Å². The van der Waals surface area contributed by atoms with Crippen LogP contribution in [0.2, 0.25) is 0 Å². The molecule has 1 aromatic carbocycles. The lowest BCUT2D eigenvalue weighted by Gasteiger charge is -2.19. The molecule has 4 heteroatoms. The molecule has 1 fully saturated rings. The van der Waals surface area contributed by atoms with Crippen LogP contribution in [0.15, 0.2) is 24.3 Å². The first-order valence-electron chi connectivity index (χ1n) is 6.33. The van der Waals surface area contributed by atoms with Crippen LogP contribution in [0.1, 0.15) is 37.2 Å². The Hall–Kier alpha value is -1.03. The Kier molecular flexibility index (Phi) is 3.95. The molecular formula is C14H18F3N. The average Bonchev–Trinajstić information content (AvgIpc) is 2.67. The highest BCUT2D eigenvalue weighted by Gasteiger charge is 2.39. The van der Waals surface area contributed by atoms with E-state index >= 15 is 0 Å². The number of rotatable bonds is 4. The van der Waals surface area contributed by atoms with Crippen LogP contribution in [-0.4, -0.2) is 12.5 Å². The molecule has 0 bridgehead atoms. The van der Waals surface area contributed by atoms with Gasteiger partial charge in [-0.25, -0.2) is 13.2 Å². The second-order valence-corrected chi connectivity index (χ2v) is 5.18. The van der Waals surface area contributed by atoms with Gasteiger partial charge < -0.3 is 5.73 Å². The molecule has 2 rings (SSSR count). The van der Waals surface area contributed by atoms with Crippen LogP contribution in [0, 0.1) is 11.7 Å². The summed E-state index contributed by atoms with van der Waals surface area (Å²) in [5.41, 5.74) is 6.65. The summed E-state index contributed by atoms with van der Waals surface area (Å²) in [7, 11) is 0. The highest BCUT2D eigenvalue weighted by atomic mass is 19.3. The predicted molar refractivity (Wildman–Crippen MR) is 65.1 cm³/mol. The maximum Gasteiger partial charge on any atom is 0.248 e. The molecule has 0 saturated heterocycles. The van der Waals surface area contributed by atoms with E-state index in [1.165, 1.54) is 12.1 Å². The van der Waals surface area contributed by atoms with Crippen molar-refractivity contribution in [3.8, 4) is 0 Å². The van der Waals surface area contributed by atoms with Crippen LogP contribution in [-0.2, 0) is 0 Å². The molecule has 18 heavy (non-hydrogen) atoms. The minimum absolute atomic E-state index is 0.0155. The SMILES string of the molecule is NCC(CC1CCC(F)(F)C1)c1ccc(F)cc1. The summed E-state index contributed by atoms with van der Waals surface area (Å²) in [4.78, 5) is 0. The standard InChI is InChI=1S/C14H18F3N/c15-13-3-1-11(2-4-13)12(9-18)7-10-5-6-14(16,17)8-10/h1-4,10,12H,5-9,18H2. The predicted octanol–water partition coefficient (Wildman–Crippen LogP) is 3.69. The Morgan fingerprint density at radius 1 is 1.28 bits per heavy atom. The van der Waals surface area contributed by atoms with Gasteiger partial charge in [-0.2, -0.15) is 0 Å². The Morgan fingerprint density at radius 2 is 1.94 bits per heavy atom. The molecule has 2 unspecified atom stereocenters. The lowest BCUT2D eigenvalue weighted by molar-refractivity contribution is 0.00446. The van der Waals surface area contributed by atoms with Gasteiger partial charge in [-0.15, -0.1) is 0 Å². The molecule has 2 N–H and O–H groups in total. The number of hydrogen-bond donors (Lipinski definition) is 1. The van der Waals surface area contributed by atoms with Crippen molar-refractivity contribution in [1.82, 2.24) is 0 Å². The van der Waals surface area contributed by atoms with Crippen molar-refractivity contribution in [3.05, 3.63) is 35.6 Å². The third-order valence-corrected chi connectivity index (χ3v) is 3.75. The number of halogens is 3.